The Morgan fingerprint density at radius 3 is 2.40 bits per heavy atom. The van der Waals surface area contributed by atoms with Gasteiger partial charge in [0, 0.05) is 28.3 Å². The molecule has 0 atom stereocenters. The Morgan fingerprint density at radius 2 is 1.88 bits per heavy atom. The molecule has 25 heavy (non-hydrogen) atoms. The van der Waals surface area contributed by atoms with E-state index in [1.54, 1.807) is 0 Å². The minimum absolute atomic E-state index is 0.0339. The summed E-state index contributed by atoms with van der Waals surface area (Å²) in [5, 5.41) is 13.6. The van der Waals surface area contributed by atoms with E-state index in [4.69, 9.17) is 0 Å². The molecule has 1 amide bonds. The van der Waals surface area contributed by atoms with Crippen LogP contribution in [0.3, 0.4) is 0 Å². The van der Waals surface area contributed by atoms with Crippen molar-refractivity contribution in [2.24, 2.45) is 0 Å². The van der Waals surface area contributed by atoms with Crippen molar-refractivity contribution in [3.63, 3.8) is 0 Å². The molecule has 0 radical (unpaired) electrons. The van der Waals surface area contributed by atoms with Crippen LogP contribution in [0.25, 0.3) is 0 Å². The van der Waals surface area contributed by atoms with E-state index in [1.807, 2.05) is 49.9 Å². The Balaban J connectivity index is 2.11. The Bertz CT molecular complexity index is 776. The first-order chi connectivity index (χ1) is 11.8. The normalized spacial score (nSPS) is 10.6. The molecule has 0 aliphatic rings. The van der Waals surface area contributed by atoms with Crippen LogP contribution in [0.2, 0.25) is 0 Å². The second-order valence-corrected chi connectivity index (χ2v) is 6.88. The largest absolute Gasteiger partial charge is 0.360 e. The van der Waals surface area contributed by atoms with Crippen molar-refractivity contribution >= 4 is 38.9 Å². The molecule has 0 spiro atoms. The Morgan fingerprint density at radius 1 is 1.24 bits per heavy atom. The number of anilines is 2. The fraction of sp³-hybridized carbons (Fsp3) is 0.278. The van der Waals surface area contributed by atoms with Crippen LogP contribution < -0.4 is 10.2 Å². The quantitative estimate of drug-likeness (QED) is 0.566. The maximum Gasteiger partial charge on any atom is 0.270 e. The third-order valence-corrected chi connectivity index (χ3v) is 4.40. The first-order valence-electron chi connectivity index (χ1n) is 7.85. The summed E-state index contributed by atoms with van der Waals surface area (Å²) >= 11 is 3.26. The highest BCUT2D eigenvalue weighted by Gasteiger charge is 2.16. The highest BCUT2D eigenvalue weighted by Crippen LogP contribution is 2.27. The number of aryl methyl sites for hydroxylation is 1. The number of non-ortho nitro benzene ring substituents is 1. The van der Waals surface area contributed by atoms with Crippen LogP contribution in [-0.2, 0) is 4.79 Å². The molecule has 2 aromatic carbocycles. The molecule has 6 nitrogen and oxygen atoms in total. The SMILES string of the molecule is Cc1ccc(N(CC(=O)Nc2ccc([N+](=O)[O-])cc2Br)C(C)C)cc1. The van der Waals surface area contributed by atoms with E-state index in [9.17, 15) is 14.9 Å². The highest BCUT2D eigenvalue weighted by molar-refractivity contribution is 9.10. The van der Waals surface area contributed by atoms with Crippen molar-refractivity contribution in [3.05, 3.63) is 62.6 Å². The van der Waals surface area contributed by atoms with E-state index in [1.165, 1.54) is 18.2 Å². The first kappa shape index (κ1) is 18.9. The number of nitrogens with zero attached hydrogens (tertiary/aromatic N) is 2. The summed E-state index contributed by atoms with van der Waals surface area (Å²) < 4.78 is 0.474. The monoisotopic (exact) mass is 405 g/mol. The van der Waals surface area contributed by atoms with Gasteiger partial charge in [0.05, 0.1) is 17.2 Å². The number of hydrogen-bond acceptors (Lipinski definition) is 4. The van der Waals surface area contributed by atoms with E-state index >= 15 is 0 Å². The molecule has 0 unspecified atom stereocenters. The molecule has 0 aliphatic carbocycles. The van der Waals surface area contributed by atoms with Crippen molar-refractivity contribution in [2.75, 3.05) is 16.8 Å². The number of nitrogens with one attached hydrogen (secondary N) is 1. The van der Waals surface area contributed by atoms with Crippen LogP contribution in [0.4, 0.5) is 17.1 Å². The number of carbonyl (C=O) groups excluding carboxylic acids is 1. The predicted octanol–water partition coefficient (Wildman–Crippen LogP) is 4.52. The summed E-state index contributed by atoms with van der Waals surface area (Å²) in [5.74, 6) is -0.191. The van der Waals surface area contributed by atoms with Gasteiger partial charge in [0.2, 0.25) is 5.91 Å². The smallest absolute Gasteiger partial charge is 0.270 e. The number of amides is 1. The van der Waals surface area contributed by atoms with Crippen LogP contribution in [0.15, 0.2) is 46.9 Å². The number of nitro groups is 1. The molecule has 0 saturated heterocycles. The summed E-state index contributed by atoms with van der Waals surface area (Å²) in [6.07, 6.45) is 0. The average Bonchev–Trinajstić information content (AvgIpc) is 2.55. The summed E-state index contributed by atoms with van der Waals surface area (Å²) in [6, 6.07) is 12.4. The number of benzene rings is 2. The molecule has 0 aliphatic heterocycles. The van der Waals surface area contributed by atoms with Crippen LogP contribution in [-0.4, -0.2) is 23.4 Å². The molecule has 7 heteroatoms. The molecular formula is C18H20BrN3O3. The lowest BCUT2D eigenvalue weighted by Gasteiger charge is -2.28. The fourth-order valence-electron chi connectivity index (χ4n) is 2.37. The number of carbonyl (C=O) groups is 1. The Kier molecular flexibility index (Phi) is 6.14. The molecule has 132 valence electrons. The maximum atomic E-state index is 12.4. The summed E-state index contributed by atoms with van der Waals surface area (Å²) in [5.41, 5.74) is 2.60. The maximum absolute atomic E-state index is 12.4. The zero-order chi connectivity index (χ0) is 18.6. The fourth-order valence-corrected chi connectivity index (χ4v) is 2.84. The van der Waals surface area contributed by atoms with Crippen LogP contribution in [0, 0.1) is 17.0 Å². The van der Waals surface area contributed by atoms with Gasteiger partial charge >= 0.3 is 0 Å². The lowest BCUT2D eigenvalue weighted by molar-refractivity contribution is -0.384. The molecule has 2 aromatic rings. The minimum Gasteiger partial charge on any atom is -0.360 e. The predicted molar refractivity (Wildman–Crippen MR) is 103 cm³/mol. The molecule has 0 saturated carbocycles. The topological polar surface area (TPSA) is 75.5 Å². The second kappa shape index (κ2) is 8.11. The minimum atomic E-state index is -0.478. The van der Waals surface area contributed by atoms with Gasteiger partial charge in [0.15, 0.2) is 0 Å². The lowest BCUT2D eigenvalue weighted by Crippen LogP contribution is -2.38. The molecule has 0 bridgehead atoms. The second-order valence-electron chi connectivity index (χ2n) is 6.03. The van der Waals surface area contributed by atoms with Gasteiger partial charge in [0.25, 0.3) is 5.69 Å². The Hall–Kier alpha value is -2.41. The van der Waals surface area contributed by atoms with Gasteiger partial charge < -0.3 is 10.2 Å². The van der Waals surface area contributed by atoms with Gasteiger partial charge in [0.1, 0.15) is 0 Å². The lowest BCUT2D eigenvalue weighted by atomic mass is 10.2. The van der Waals surface area contributed by atoms with Gasteiger partial charge in [-0.05, 0) is 54.9 Å². The van der Waals surface area contributed by atoms with Gasteiger partial charge in [-0.1, -0.05) is 17.7 Å². The molecular weight excluding hydrogens is 386 g/mol. The van der Waals surface area contributed by atoms with Crippen molar-refractivity contribution < 1.29 is 9.72 Å². The standard InChI is InChI=1S/C18H20BrN3O3/c1-12(2)21(14-6-4-13(3)5-7-14)11-18(23)20-17-9-8-15(22(24)25)10-16(17)19/h4-10,12H,11H2,1-3H3,(H,20,23). The van der Waals surface area contributed by atoms with Crippen LogP contribution in [0.1, 0.15) is 19.4 Å². The number of rotatable bonds is 6. The van der Waals surface area contributed by atoms with E-state index < -0.39 is 4.92 Å². The van der Waals surface area contributed by atoms with Crippen LogP contribution >= 0.6 is 15.9 Å². The van der Waals surface area contributed by atoms with E-state index in [2.05, 4.69) is 21.2 Å². The third kappa shape index (κ3) is 5.03. The third-order valence-electron chi connectivity index (χ3n) is 3.74. The molecule has 0 aromatic heterocycles. The molecule has 0 fully saturated rings. The zero-order valence-corrected chi connectivity index (χ0v) is 15.9. The van der Waals surface area contributed by atoms with Crippen molar-refractivity contribution in [2.45, 2.75) is 26.8 Å². The van der Waals surface area contributed by atoms with Gasteiger partial charge in [-0.2, -0.15) is 0 Å². The van der Waals surface area contributed by atoms with Crippen molar-refractivity contribution in [3.8, 4) is 0 Å². The molecule has 0 heterocycles. The molecule has 2 rings (SSSR count). The number of nitro benzene ring substituents is 1. The van der Waals surface area contributed by atoms with Gasteiger partial charge in [-0.15, -0.1) is 0 Å². The average molecular weight is 406 g/mol. The summed E-state index contributed by atoms with van der Waals surface area (Å²) in [7, 11) is 0. The summed E-state index contributed by atoms with van der Waals surface area (Å²) in [6.45, 7) is 6.25. The van der Waals surface area contributed by atoms with Crippen LogP contribution in [0.5, 0.6) is 0 Å². The summed E-state index contributed by atoms with van der Waals surface area (Å²) in [4.78, 5) is 24.7. The van der Waals surface area contributed by atoms with Gasteiger partial charge in [-0.25, -0.2) is 0 Å². The number of halogens is 1. The molecule has 1 N–H and O–H groups in total. The highest BCUT2D eigenvalue weighted by atomic mass is 79.9. The van der Waals surface area contributed by atoms with Gasteiger partial charge in [-0.3, -0.25) is 14.9 Å². The Labute approximate surface area is 155 Å². The zero-order valence-electron chi connectivity index (χ0n) is 14.3. The van der Waals surface area contributed by atoms with E-state index in [0.29, 0.717) is 10.2 Å². The van der Waals surface area contributed by atoms with E-state index in [0.717, 1.165) is 11.3 Å². The van der Waals surface area contributed by atoms with Crippen molar-refractivity contribution in [1.82, 2.24) is 0 Å². The first-order valence-corrected chi connectivity index (χ1v) is 8.64. The number of hydrogen-bond donors (Lipinski definition) is 1. The van der Waals surface area contributed by atoms with E-state index in [-0.39, 0.29) is 24.2 Å². The van der Waals surface area contributed by atoms with Crippen molar-refractivity contribution in [1.29, 1.82) is 0 Å².